The molecule has 0 saturated carbocycles. The van der Waals surface area contributed by atoms with Gasteiger partial charge in [-0.15, -0.1) is 0 Å². The van der Waals surface area contributed by atoms with Crippen LogP contribution in [0.3, 0.4) is 0 Å². The number of piperazine rings is 1. The van der Waals surface area contributed by atoms with Gasteiger partial charge in [0.15, 0.2) is 0 Å². The van der Waals surface area contributed by atoms with Gasteiger partial charge < -0.3 is 10.0 Å². The first-order valence-corrected chi connectivity index (χ1v) is 9.15. The summed E-state index contributed by atoms with van der Waals surface area (Å²) in [5.74, 6) is -1.20. The molecule has 1 aliphatic rings. The lowest BCUT2D eigenvalue weighted by atomic mass is 10.1. The number of carbonyl (C=O) groups excluding carboxylic acids is 1. The van der Waals surface area contributed by atoms with Crippen molar-refractivity contribution in [1.82, 2.24) is 19.6 Å². The topological polar surface area (TPSA) is 78.7 Å². The van der Waals surface area contributed by atoms with Crippen LogP contribution in [0.4, 0.5) is 13.2 Å². The summed E-state index contributed by atoms with van der Waals surface area (Å²) in [7, 11) is 0. The van der Waals surface area contributed by atoms with Gasteiger partial charge >= 0.3 is 12.1 Å². The average Bonchev–Trinajstić information content (AvgIpc) is 3.15. The lowest BCUT2D eigenvalue weighted by Crippen LogP contribution is -2.48. The maximum atomic E-state index is 12.8. The fraction of sp³-hybridized carbons (Fsp3) is 0.421. The summed E-state index contributed by atoms with van der Waals surface area (Å²) in [5, 5.41) is 13.0. The molecular weight excluding hydrogens is 389 g/mol. The van der Waals surface area contributed by atoms with Crippen LogP contribution >= 0.6 is 0 Å². The predicted molar refractivity (Wildman–Crippen MR) is 97.1 cm³/mol. The number of aryl methyl sites for hydroxylation is 1. The zero-order chi connectivity index (χ0) is 21.0. The first-order valence-electron chi connectivity index (χ1n) is 9.15. The molecular formula is C19H21F3N4O3. The highest BCUT2D eigenvalue weighted by Crippen LogP contribution is 2.29. The third-order valence-electron chi connectivity index (χ3n) is 4.86. The largest absolute Gasteiger partial charge is 0.477 e. The number of rotatable bonds is 6. The van der Waals surface area contributed by atoms with E-state index in [1.807, 2.05) is 4.90 Å². The van der Waals surface area contributed by atoms with Crippen molar-refractivity contribution in [1.29, 1.82) is 0 Å². The first-order chi connectivity index (χ1) is 13.7. The number of benzene rings is 1. The molecule has 1 saturated heterocycles. The highest BCUT2D eigenvalue weighted by atomic mass is 19.4. The number of halogens is 3. The van der Waals surface area contributed by atoms with Crippen LogP contribution < -0.4 is 0 Å². The zero-order valence-electron chi connectivity index (χ0n) is 15.6. The smallest absolute Gasteiger partial charge is 0.416 e. The maximum Gasteiger partial charge on any atom is 0.416 e. The number of carbonyl (C=O) groups is 2. The fourth-order valence-corrected chi connectivity index (χ4v) is 3.31. The number of aromatic carboxylic acids is 1. The number of carboxylic acids is 1. The van der Waals surface area contributed by atoms with Gasteiger partial charge in [0.05, 0.1) is 12.1 Å². The third kappa shape index (κ3) is 5.35. The van der Waals surface area contributed by atoms with E-state index in [9.17, 15) is 22.8 Å². The van der Waals surface area contributed by atoms with Crippen molar-refractivity contribution < 1.29 is 27.9 Å². The predicted octanol–water partition coefficient (Wildman–Crippen LogP) is 2.33. The molecule has 0 spiro atoms. The fourth-order valence-electron chi connectivity index (χ4n) is 3.31. The Morgan fingerprint density at radius 3 is 2.48 bits per heavy atom. The highest BCUT2D eigenvalue weighted by molar-refractivity contribution is 5.85. The van der Waals surface area contributed by atoms with Crippen LogP contribution in [-0.4, -0.2) is 62.7 Å². The second-order valence-corrected chi connectivity index (χ2v) is 6.85. The lowest BCUT2D eigenvalue weighted by molar-refractivity contribution is -0.137. The molecule has 0 unspecified atom stereocenters. The summed E-state index contributed by atoms with van der Waals surface area (Å²) in [6.45, 7) is 2.64. The van der Waals surface area contributed by atoms with Crippen LogP contribution in [0.1, 0.15) is 28.0 Å². The van der Waals surface area contributed by atoms with Gasteiger partial charge in [0.2, 0.25) is 5.91 Å². The van der Waals surface area contributed by atoms with Gasteiger partial charge in [-0.2, -0.15) is 18.3 Å². The Morgan fingerprint density at radius 2 is 1.83 bits per heavy atom. The Kier molecular flexibility index (Phi) is 6.21. The minimum absolute atomic E-state index is 0.0312. The molecule has 3 rings (SSSR count). The number of alkyl halides is 3. The molecule has 10 heteroatoms. The van der Waals surface area contributed by atoms with Crippen LogP contribution in [0.25, 0.3) is 0 Å². The molecule has 1 aromatic carbocycles. The number of hydrogen-bond acceptors (Lipinski definition) is 4. The molecule has 1 aromatic heterocycles. The summed E-state index contributed by atoms with van der Waals surface area (Å²) >= 11 is 0. The van der Waals surface area contributed by atoms with E-state index in [2.05, 4.69) is 5.10 Å². The number of carboxylic acid groups (broad SMARTS) is 1. The molecule has 7 nitrogen and oxygen atoms in total. The standard InChI is InChI=1S/C19H21F3N4O3/c20-19(21,22)15-3-1-2-14(12-15)13-24-8-10-25(11-9-24)17(27)5-7-26-16(18(28)29)4-6-23-26/h1-4,6,12H,5,7-11,13H2,(H,28,29). The second-order valence-electron chi connectivity index (χ2n) is 6.85. The van der Waals surface area contributed by atoms with Crippen molar-refractivity contribution in [2.75, 3.05) is 26.2 Å². The summed E-state index contributed by atoms with van der Waals surface area (Å²) in [6, 6.07) is 6.64. The molecule has 1 fully saturated rings. The van der Waals surface area contributed by atoms with Crippen molar-refractivity contribution in [3.8, 4) is 0 Å². The van der Waals surface area contributed by atoms with Gasteiger partial charge in [0.1, 0.15) is 5.69 Å². The molecule has 1 N–H and O–H groups in total. The zero-order valence-corrected chi connectivity index (χ0v) is 15.6. The van der Waals surface area contributed by atoms with Crippen LogP contribution in [0.2, 0.25) is 0 Å². The van der Waals surface area contributed by atoms with Crippen molar-refractivity contribution in [3.63, 3.8) is 0 Å². The number of amides is 1. The van der Waals surface area contributed by atoms with E-state index in [4.69, 9.17) is 5.11 Å². The average molecular weight is 410 g/mol. The normalized spacial score (nSPS) is 15.5. The van der Waals surface area contributed by atoms with Crippen molar-refractivity contribution >= 4 is 11.9 Å². The molecule has 0 radical (unpaired) electrons. The van der Waals surface area contributed by atoms with Gasteiger partial charge in [0.25, 0.3) is 0 Å². The molecule has 2 aromatic rings. The van der Waals surface area contributed by atoms with Gasteiger partial charge in [-0.1, -0.05) is 18.2 Å². The van der Waals surface area contributed by atoms with Crippen LogP contribution in [0, 0.1) is 0 Å². The molecule has 0 bridgehead atoms. The third-order valence-corrected chi connectivity index (χ3v) is 4.86. The van der Waals surface area contributed by atoms with E-state index in [0.29, 0.717) is 38.3 Å². The summed E-state index contributed by atoms with van der Waals surface area (Å²) < 4.78 is 39.8. The Hall–Kier alpha value is -2.88. The minimum atomic E-state index is -4.36. The summed E-state index contributed by atoms with van der Waals surface area (Å²) in [4.78, 5) is 27.2. The Labute approximate surface area is 165 Å². The van der Waals surface area contributed by atoms with Gasteiger partial charge in [-0.3, -0.25) is 14.4 Å². The molecule has 0 atom stereocenters. The molecule has 0 aliphatic carbocycles. The van der Waals surface area contributed by atoms with Crippen LogP contribution in [0.5, 0.6) is 0 Å². The van der Waals surface area contributed by atoms with Crippen LogP contribution in [-0.2, 0) is 24.1 Å². The summed E-state index contributed by atoms with van der Waals surface area (Å²) in [5.41, 5.74) is -0.0497. The van der Waals surface area contributed by atoms with E-state index >= 15 is 0 Å². The lowest BCUT2D eigenvalue weighted by Gasteiger charge is -2.35. The first kappa shape index (κ1) is 20.8. The van der Waals surface area contributed by atoms with E-state index in [-0.39, 0.29) is 24.6 Å². The van der Waals surface area contributed by atoms with Crippen molar-refractivity contribution in [2.45, 2.75) is 25.7 Å². The molecule has 29 heavy (non-hydrogen) atoms. The van der Waals surface area contributed by atoms with Crippen LogP contribution in [0.15, 0.2) is 36.5 Å². The highest BCUT2D eigenvalue weighted by Gasteiger charge is 2.30. The van der Waals surface area contributed by atoms with Crippen molar-refractivity contribution in [2.24, 2.45) is 0 Å². The molecule has 2 heterocycles. The van der Waals surface area contributed by atoms with Crippen molar-refractivity contribution in [3.05, 3.63) is 53.3 Å². The quantitative estimate of drug-likeness (QED) is 0.791. The second kappa shape index (κ2) is 8.64. The maximum absolute atomic E-state index is 12.8. The van der Waals surface area contributed by atoms with Gasteiger partial charge in [0, 0.05) is 45.3 Å². The van der Waals surface area contributed by atoms with Gasteiger partial charge in [-0.05, 0) is 17.7 Å². The van der Waals surface area contributed by atoms with E-state index in [1.54, 1.807) is 11.0 Å². The van der Waals surface area contributed by atoms with E-state index < -0.39 is 17.7 Å². The Balaban J connectivity index is 1.48. The summed E-state index contributed by atoms with van der Waals surface area (Å²) in [6.07, 6.45) is -2.85. The Morgan fingerprint density at radius 1 is 1.10 bits per heavy atom. The Bertz CT molecular complexity index is 874. The van der Waals surface area contributed by atoms with E-state index in [1.165, 1.54) is 23.0 Å². The minimum Gasteiger partial charge on any atom is -0.477 e. The number of aromatic nitrogens is 2. The van der Waals surface area contributed by atoms with Gasteiger partial charge in [-0.25, -0.2) is 4.79 Å². The monoisotopic (exact) mass is 410 g/mol. The molecule has 1 amide bonds. The number of hydrogen-bond donors (Lipinski definition) is 1. The van der Waals surface area contributed by atoms with E-state index in [0.717, 1.165) is 12.1 Å². The molecule has 1 aliphatic heterocycles. The SMILES string of the molecule is O=C(O)c1ccnn1CCC(=O)N1CCN(Cc2cccc(C(F)(F)F)c2)CC1. The molecule has 156 valence electrons. The number of nitrogens with zero attached hydrogens (tertiary/aromatic N) is 4.